The molecule has 2 aromatic carbocycles. The van der Waals surface area contributed by atoms with Crippen molar-refractivity contribution in [1.82, 2.24) is 9.47 Å². The first kappa shape index (κ1) is 18.2. The maximum Gasteiger partial charge on any atom is 0.351 e. The minimum Gasteiger partial charge on any atom is -0.345 e. The summed E-state index contributed by atoms with van der Waals surface area (Å²) in [5.41, 5.74) is 4.47. The standard InChI is InChI=1S/C23H23N3O2/c1-15(2)25-14-18(19-9-4-5-10-21(19)25)12-20-22(27)26(23(28)24-20)13-17-8-6-7-16(3)11-17/h4-11,14-15H,12-13H2,1-3H3. The van der Waals surface area contributed by atoms with E-state index < -0.39 is 6.03 Å². The third-order valence-corrected chi connectivity index (χ3v) is 5.11. The van der Waals surface area contributed by atoms with Crippen molar-refractivity contribution < 1.29 is 9.59 Å². The van der Waals surface area contributed by atoms with Crippen molar-refractivity contribution in [3.8, 4) is 0 Å². The van der Waals surface area contributed by atoms with Crippen LogP contribution in [0.4, 0.5) is 4.79 Å². The summed E-state index contributed by atoms with van der Waals surface area (Å²) in [6.07, 6.45) is 2.42. The zero-order chi connectivity index (χ0) is 19.8. The fourth-order valence-electron chi connectivity index (χ4n) is 3.74. The Morgan fingerprint density at radius 2 is 1.82 bits per heavy atom. The molecule has 0 fully saturated rings. The molecule has 0 N–H and O–H groups in total. The van der Waals surface area contributed by atoms with E-state index in [1.54, 1.807) is 0 Å². The summed E-state index contributed by atoms with van der Waals surface area (Å²) < 4.78 is 2.19. The van der Waals surface area contributed by atoms with Crippen LogP contribution in [0.15, 0.2) is 59.7 Å². The molecule has 5 heteroatoms. The van der Waals surface area contributed by atoms with Gasteiger partial charge in [0.25, 0.3) is 5.91 Å². The molecule has 0 unspecified atom stereocenters. The number of carbonyl (C=O) groups is 2. The highest BCUT2D eigenvalue weighted by Crippen LogP contribution is 2.26. The van der Waals surface area contributed by atoms with Crippen LogP contribution in [0.1, 0.15) is 36.6 Å². The zero-order valence-corrected chi connectivity index (χ0v) is 16.3. The predicted octanol–water partition coefficient (Wildman–Crippen LogP) is 4.68. The second kappa shape index (κ2) is 7.08. The number of amides is 3. The van der Waals surface area contributed by atoms with E-state index in [1.165, 1.54) is 4.90 Å². The molecule has 3 amide bonds. The molecule has 28 heavy (non-hydrogen) atoms. The van der Waals surface area contributed by atoms with E-state index in [2.05, 4.69) is 41.7 Å². The molecule has 0 atom stereocenters. The van der Waals surface area contributed by atoms with E-state index in [4.69, 9.17) is 0 Å². The summed E-state index contributed by atoms with van der Waals surface area (Å²) in [7, 11) is 0. The lowest BCUT2D eigenvalue weighted by molar-refractivity contribution is -0.121. The number of nitrogens with zero attached hydrogens (tertiary/aromatic N) is 3. The number of hydrogen-bond acceptors (Lipinski definition) is 2. The van der Waals surface area contributed by atoms with Crippen molar-refractivity contribution in [3.05, 3.63) is 71.4 Å². The van der Waals surface area contributed by atoms with Gasteiger partial charge in [0, 0.05) is 29.6 Å². The third kappa shape index (κ3) is 3.24. The van der Waals surface area contributed by atoms with Crippen molar-refractivity contribution in [3.63, 3.8) is 0 Å². The minimum atomic E-state index is -0.478. The number of carbonyl (C=O) groups excluding carboxylic acids is 2. The maximum atomic E-state index is 12.9. The summed E-state index contributed by atoms with van der Waals surface area (Å²) in [5, 5.41) is 1.09. The highest BCUT2D eigenvalue weighted by atomic mass is 16.2. The third-order valence-electron chi connectivity index (χ3n) is 5.11. The molecular weight excluding hydrogens is 350 g/mol. The Kier molecular flexibility index (Phi) is 4.59. The lowest BCUT2D eigenvalue weighted by atomic mass is 10.1. The Balaban J connectivity index is 1.60. The van der Waals surface area contributed by atoms with Gasteiger partial charge in [-0.3, -0.25) is 9.69 Å². The van der Waals surface area contributed by atoms with Gasteiger partial charge in [0.2, 0.25) is 0 Å². The first-order valence-electron chi connectivity index (χ1n) is 9.51. The summed E-state index contributed by atoms with van der Waals surface area (Å²) in [4.78, 5) is 30.5. The van der Waals surface area contributed by atoms with Crippen LogP contribution in [0, 0.1) is 6.92 Å². The molecule has 2 heterocycles. The molecule has 0 spiro atoms. The molecule has 1 aromatic heterocycles. The number of para-hydroxylation sites is 1. The van der Waals surface area contributed by atoms with Gasteiger partial charge in [0.15, 0.2) is 0 Å². The molecule has 0 saturated carbocycles. The molecule has 0 bridgehead atoms. The zero-order valence-electron chi connectivity index (χ0n) is 16.3. The van der Waals surface area contributed by atoms with Crippen LogP contribution in [0.2, 0.25) is 0 Å². The fourth-order valence-corrected chi connectivity index (χ4v) is 3.74. The summed E-state index contributed by atoms with van der Waals surface area (Å²) in [5.74, 6) is -0.298. The molecule has 142 valence electrons. The van der Waals surface area contributed by atoms with Crippen LogP contribution in [0.25, 0.3) is 10.9 Å². The van der Waals surface area contributed by atoms with Crippen LogP contribution in [0.3, 0.4) is 0 Å². The topological polar surface area (TPSA) is 54.7 Å². The molecule has 3 aromatic rings. The van der Waals surface area contributed by atoms with Crippen LogP contribution in [0.5, 0.6) is 0 Å². The van der Waals surface area contributed by atoms with E-state index >= 15 is 0 Å². The van der Waals surface area contributed by atoms with Gasteiger partial charge in [0.05, 0.1) is 6.54 Å². The van der Waals surface area contributed by atoms with Gasteiger partial charge in [-0.15, -0.1) is 0 Å². The SMILES string of the molecule is Cc1cccc(CN2C(=O)N=C(Cc3cn(C(C)C)c4ccccc34)C2=O)c1. The minimum absolute atomic E-state index is 0.250. The predicted molar refractivity (Wildman–Crippen MR) is 111 cm³/mol. The van der Waals surface area contributed by atoms with Crippen molar-refractivity contribution in [1.29, 1.82) is 0 Å². The van der Waals surface area contributed by atoms with Gasteiger partial charge < -0.3 is 4.57 Å². The summed E-state index contributed by atoms with van der Waals surface area (Å²) in [6.45, 7) is 6.49. The Bertz CT molecular complexity index is 1110. The molecule has 0 saturated heterocycles. The van der Waals surface area contributed by atoms with Crippen molar-refractivity contribution >= 4 is 28.6 Å². The Morgan fingerprint density at radius 3 is 2.57 bits per heavy atom. The van der Waals surface area contributed by atoms with Crippen LogP contribution in [-0.2, 0) is 17.8 Å². The first-order valence-corrected chi connectivity index (χ1v) is 9.51. The highest BCUT2D eigenvalue weighted by Gasteiger charge is 2.33. The van der Waals surface area contributed by atoms with Crippen molar-refractivity contribution in [2.75, 3.05) is 0 Å². The van der Waals surface area contributed by atoms with Crippen molar-refractivity contribution in [2.45, 2.75) is 39.8 Å². The Labute approximate surface area is 164 Å². The molecule has 4 rings (SSSR count). The number of fused-ring (bicyclic) bond motifs is 1. The van der Waals surface area contributed by atoms with Gasteiger partial charge in [-0.05, 0) is 38.0 Å². The van der Waals surface area contributed by atoms with Crippen LogP contribution < -0.4 is 0 Å². The fraction of sp³-hybridized carbons (Fsp3) is 0.261. The van der Waals surface area contributed by atoms with E-state index in [1.807, 2.05) is 43.3 Å². The second-order valence-corrected chi connectivity index (χ2v) is 7.57. The number of rotatable bonds is 5. The summed E-state index contributed by atoms with van der Waals surface area (Å²) in [6, 6.07) is 15.8. The van der Waals surface area contributed by atoms with Gasteiger partial charge in [0.1, 0.15) is 5.71 Å². The number of hydrogen-bond donors (Lipinski definition) is 0. The molecular formula is C23H23N3O2. The average molecular weight is 373 g/mol. The number of urea groups is 1. The molecule has 0 aliphatic carbocycles. The maximum absolute atomic E-state index is 12.9. The molecule has 5 nitrogen and oxygen atoms in total. The van der Waals surface area contributed by atoms with Crippen LogP contribution >= 0.6 is 0 Å². The van der Waals surface area contributed by atoms with E-state index in [9.17, 15) is 9.59 Å². The Hall–Kier alpha value is -3.21. The van der Waals surface area contributed by atoms with Crippen molar-refractivity contribution in [2.24, 2.45) is 4.99 Å². The van der Waals surface area contributed by atoms with Gasteiger partial charge in [-0.2, -0.15) is 4.99 Å². The first-order chi connectivity index (χ1) is 13.4. The average Bonchev–Trinajstić information content (AvgIpc) is 3.15. The highest BCUT2D eigenvalue weighted by molar-refractivity contribution is 6.46. The summed E-state index contributed by atoms with van der Waals surface area (Å²) >= 11 is 0. The monoisotopic (exact) mass is 373 g/mol. The lowest BCUT2D eigenvalue weighted by Crippen LogP contribution is -2.32. The smallest absolute Gasteiger partial charge is 0.345 e. The normalized spacial score (nSPS) is 14.4. The number of imide groups is 1. The number of aryl methyl sites for hydroxylation is 1. The number of aliphatic imine (C=N–C) groups is 1. The van der Waals surface area contributed by atoms with E-state index in [-0.39, 0.29) is 12.5 Å². The molecule has 1 aliphatic rings. The van der Waals surface area contributed by atoms with Crippen LogP contribution in [-0.4, -0.2) is 27.1 Å². The van der Waals surface area contributed by atoms with E-state index in [0.717, 1.165) is 27.6 Å². The van der Waals surface area contributed by atoms with E-state index in [0.29, 0.717) is 18.2 Å². The number of aromatic nitrogens is 1. The Morgan fingerprint density at radius 1 is 1.04 bits per heavy atom. The number of benzene rings is 2. The van der Waals surface area contributed by atoms with Gasteiger partial charge in [-0.1, -0.05) is 48.0 Å². The largest absolute Gasteiger partial charge is 0.351 e. The quantitative estimate of drug-likeness (QED) is 0.652. The van der Waals surface area contributed by atoms with Gasteiger partial charge in [-0.25, -0.2) is 4.79 Å². The van der Waals surface area contributed by atoms with Gasteiger partial charge >= 0.3 is 6.03 Å². The molecule has 0 radical (unpaired) electrons. The molecule has 1 aliphatic heterocycles. The lowest BCUT2D eigenvalue weighted by Gasteiger charge is -2.13. The second-order valence-electron chi connectivity index (χ2n) is 7.57.